The van der Waals surface area contributed by atoms with Crippen molar-refractivity contribution in [3.63, 3.8) is 0 Å². The molecule has 3 heterocycles. The Morgan fingerprint density at radius 2 is 1.83 bits per heavy atom. The van der Waals surface area contributed by atoms with Crippen molar-refractivity contribution < 1.29 is 0 Å². The number of nitrogens with zero attached hydrogens (tertiary/aromatic N) is 3. The van der Waals surface area contributed by atoms with Gasteiger partial charge in [-0.15, -0.1) is 0 Å². The first-order valence-corrected chi connectivity index (χ1v) is 7.24. The average Bonchev–Trinajstić information content (AvgIpc) is 2.82. The Kier molecular flexibility index (Phi) is 3.74. The molecule has 4 nitrogen and oxygen atoms in total. The second-order valence-corrected chi connectivity index (χ2v) is 5.35. The second kappa shape index (κ2) is 5.65. The van der Waals surface area contributed by atoms with Gasteiger partial charge in [-0.3, -0.25) is 4.98 Å². The molecule has 2 fully saturated rings. The molecule has 1 N–H and O–H groups in total. The predicted molar refractivity (Wildman–Crippen MR) is 72.7 cm³/mol. The average molecular weight is 246 g/mol. The fraction of sp³-hybridized carbons (Fsp3) is 0.714. The third-order valence-electron chi connectivity index (χ3n) is 4.01. The van der Waals surface area contributed by atoms with Crippen molar-refractivity contribution in [3.05, 3.63) is 18.1 Å². The number of nitrogens with one attached hydrogen (secondary N) is 1. The van der Waals surface area contributed by atoms with E-state index in [0.717, 1.165) is 31.1 Å². The highest BCUT2D eigenvalue weighted by molar-refractivity contribution is 5.36. The van der Waals surface area contributed by atoms with E-state index in [0.29, 0.717) is 6.04 Å². The molecule has 2 aliphatic heterocycles. The van der Waals surface area contributed by atoms with Gasteiger partial charge in [0, 0.05) is 13.1 Å². The van der Waals surface area contributed by atoms with Crippen LogP contribution in [0.2, 0.25) is 0 Å². The summed E-state index contributed by atoms with van der Waals surface area (Å²) < 4.78 is 0. The molecule has 0 aliphatic carbocycles. The Labute approximate surface area is 109 Å². The number of hydrogen-bond acceptors (Lipinski definition) is 4. The van der Waals surface area contributed by atoms with Crippen molar-refractivity contribution in [2.75, 3.05) is 24.5 Å². The maximum Gasteiger partial charge on any atom is 0.147 e. The van der Waals surface area contributed by atoms with E-state index in [4.69, 9.17) is 0 Å². The minimum Gasteiger partial charge on any atom is -0.355 e. The van der Waals surface area contributed by atoms with Crippen molar-refractivity contribution in [1.82, 2.24) is 15.3 Å². The zero-order valence-electron chi connectivity index (χ0n) is 10.9. The summed E-state index contributed by atoms with van der Waals surface area (Å²) in [5.74, 6) is 1.05. The van der Waals surface area contributed by atoms with Crippen molar-refractivity contribution in [2.45, 2.75) is 44.6 Å². The molecule has 0 aromatic carbocycles. The second-order valence-electron chi connectivity index (χ2n) is 5.35. The molecule has 2 aliphatic rings. The third-order valence-corrected chi connectivity index (χ3v) is 4.01. The largest absolute Gasteiger partial charge is 0.355 e. The molecule has 1 aromatic rings. The zero-order chi connectivity index (χ0) is 12.2. The van der Waals surface area contributed by atoms with Crippen LogP contribution in [0.5, 0.6) is 0 Å². The Morgan fingerprint density at radius 1 is 1.00 bits per heavy atom. The molecule has 0 radical (unpaired) electrons. The van der Waals surface area contributed by atoms with E-state index in [1.54, 1.807) is 0 Å². The molecule has 1 atom stereocenters. The highest BCUT2D eigenvalue weighted by Gasteiger charge is 2.18. The molecule has 98 valence electrons. The molecular formula is C14H22N4. The Hall–Kier alpha value is -1.16. The Bertz CT molecular complexity index is 362. The topological polar surface area (TPSA) is 41.1 Å². The van der Waals surface area contributed by atoms with Crippen LogP contribution in [0.25, 0.3) is 0 Å². The van der Waals surface area contributed by atoms with Crippen LogP contribution in [0, 0.1) is 0 Å². The quantitative estimate of drug-likeness (QED) is 0.869. The van der Waals surface area contributed by atoms with E-state index in [9.17, 15) is 0 Å². The van der Waals surface area contributed by atoms with Gasteiger partial charge in [-0.25, -0.2) is 4.98 Å². The van der Waals surface area contributed by atoms with E-state index >= 15 is 0 Å². The summed E-state index contributed by atoms with van der Waals surface area (Å²) in [7, 11) is 0. The monoisotopic (exact) mass is 246 g/mol. The molecule has 0 amide bonds. The molecule has 0 saturated carbocycles. The van der Waals surface area contributed by atoms with Crippen molar-refractivity contribution in [2.24, 2.45) is 0 Å². The number of aromatic nitrogens is 2. The van der Waals surface area contributed by atoms with Crippen LogP contribution in [-0.4, -0.2) is 29.6 Å². The zero-order valence-corrected chi connectivity index (χ0v) is 10.9. The molecule has 0 bridgehead atoms. The molecule has 2 saturated heterocycles. The molecule has 3 rings (SSSR count). The maximum absolute atomic E-state index is 4.61. The maximum atomic E-state index is 4.61. The Balaban J connectivity index is 1.69. The SMILES string of the molecule is c1nc(N2CCCCCC2)cnc1[C@@H]1CCCN1. The van der Waals surface area contributed by atoms with Gasteiger partial charge in [-0.2, -0.15) is 0 Å². The van der Waals surface area contributed by atoms with Crippen LogP contribution in [0.1, 0.15) is 50.3 Å². The summed E-state index contributed by atoms with van der Waals surface area (Å²) in [6.07, 6.45) is 11.6. The lowest BCUT2D eigenvalue weighted by molar-refractivity contribution is 0.623. The summed E-state index contributed by atoms with van der Waals surface area (Å²) >= 11 is 0. The van der Waals surface area contributed by atoms with Gasteiger partial charge in [0.2, 0.25) is 0 Å². The van der Waals surface area contributed by atoms with Crippen molar-refractivity contribution >= 4 is 5.82 Å². The lowest BCUT2D eigenvalue weighted by Gasteiger charge is -2.21. The first-order chi connectivity index (χ1) is 8.93. The van der Waals surface area contributed by atoms with Gasteiger partial charge in [0.15, 0.2) is 0 Å². The first kappa shape index (κ1) is 11.9. The van der Waals surface area contributed by atoms with Gasteiger partial charge in [-0.05, 0) is 32.2 Å². The minimum absolute atomic E-state index is 0.427. The predicted octanol–water partition coefficient (Wildman–Crippen LogP) is 2.28. The summed E-state index contributed by atoms with van der Waals surface area (Å²) in [4.78, 5) is 11.6. The van der Waals surface area contributed by atoms with Gasteiger partial charge in [0.25, 0.3) is 0 Å². The first-order valence-electron chi connectivity index (χ1n) is 7.24. The van der Waals surface area contributed by atoms with E-state index < -0.39 is 0 Å². The molecule has 0 unspecified atom stereocenters. The highest BCUT2D eigenvalue weighted by atomic mass is 15.2. The van der Waals surface area contributed by atoms with Crippen LogP contribution in [0.4, 0.5) is 5.82 Å². The van der Waals surface area contributed by atoms with Crippen LogP contribution in [0.3, 0.4) is 0 Å². The van der Waals surface area contributed by atoms with Crippen LogP contribution >= 0.6 is 0 Å². The van der Waals surface area contributed by atoms with E-state index in [-0.39, 0.29) is 0 Å². The van der Waals surface area contributed by atoms with Gasteiger partial charge >= 0.3 is 0 Å². The minimum atomic E-state index is 0.427. The summed E-state index contributed by atoms with van der Waals surface area (Å²) in [5.41, 5.74) is 1.10. The highest BCUT2D eigenvalue weighted by Crippen LogP contribution is 2.22. The molecule has 18 heavy (non-hydrogen) atoms. The smallest absolute Gasteiger partial charge is 0.147 e. The molecular weight excluding hydrogens is 224 g/mol. The van der Waals surface area contributed by atoms with Crippen LogP contribution in [-0.2, 0) is 0 Å². The number of rotatable bonds is 2. The van der Waals surface area contributed by atoms with Gasteiger partial charge in [0.1, 0.15) is 5.82 Å². The summed E-state index contributed by atoms with van der Waals surface area (Å²) in [5, 5.41) is 3.47. The number of anilines is 1. The summed E-state index contributed by atoms with van der Waals surface area (Å²) in [6, 6.07) is 0.427. The number of hydrogen-bond donors (Lipinski definition) is 1. The normalized spacial score (nSPS) is 25.1. The fourth-order valence-electron chi connectivity index (χ4n) is 2.91. The van der Waals surface area contributed by atoms with E-state index in [2.05, 4.69) is 20.2 Å². The molecule has 0 spiro atoms. The molecule has 1 aromatic heterocycles. The van der Waals surface area contributed by atoms with Crippen LogP contribution < -0.4 is 10.2 Å². The van der Waals surface area contributed by atoms with Gasteiger partial charge in [-0.1, -0.05) is 12.8 Å². The van der Waals surface area contributed by atoms with Crippen molar-refractivity contribution in [1.29, 1.82) is 0 Å². The van der Waals surface area contributed by atoms with Crippen molar-refractivity contribution in [3.8, 4) is 0 Å². The fourth-order valence-corrected chi connectivity index (χ4v) is 2.91. The lowest BCUT2D eigenvalue weighted by atomic mass is 10.2. The van der Waals surface area contributed by atoms with E-state index in [1.807, 2.05) is 12.4 Å². The van der Waals surface area contributed by atoms with Gasteiger partial charge < -0.3 is 10.2 Å². The van der Waals surface area contributed by atoms with E-state index in [1.165, 1.54) is 38.5 Å². The standard InChI is InChI=1S/C14H22N4/c1-2-4-9-18(8-3-1)14-11-16-13(10-17-14)12-6-5-7-15-12/h10-12,15H,1-9H2/t12-/m0/s1. The van der Waals surface area contributed by atoms with Gasteiger partial charge in [0.05, 0.1) is 24.1 Å². The summed E-state index contributed by atoms with van der Waals surface area (Å²) in [6.45, 7) is 3.38. The Morgan fingerprint density at radius 3 is 2.44 bits per heavy atom. The lowest BCUT2D eigenvalue weighted by Crippen LogP contribution is -2.25. The molecule has 4 heteroatoms. The van der Waals surface area contributed by atoms with Crippen LogP contribution in [0.15, 0.2) is 12.4 Å². The third kappa shape index (κ3) is 2.64.